The van der Waals surface area contributed by atoms with E-state index < -0.39 is 0 Å². The SMILES string of the molecule is CCCNC(=O)N(C)C(C)c1ccccc1F. The molecule has 4 heteroatoms. The first-order valence-corrected chi connectivity index (χ1v) is 5.83. The minimum absolute atomic E-state index is 0.178. The van der Waals surface area contributed by atoms with Crippen molar-refractivity contribution in [2.45, 2.75) is 26.3 Å². The van der Waals surface area contributed by atoms with Crippen LogP contribution in [0.4, 0.5) is 9.18 Å². The number of halogens is 1. The van der Waals surface area contributed by atoms with Gasteiger partial charge in [0.15, 0.2) is 0 Å². The molecule has 0 heterocycles. The van der Waals surface area contributed by atoms with E-state index in [-0.39, 0.29) is 17.9 Å². The van der Waals surface area contributed by atoms with Crippen molar-refractivity contribution in [2.75, 3.05) is 13.6 Å². The Morgan fingerprint density at radius 2 is 2.12 bits per heavy atom. The lowest BCUT2D eigenvalue weighted by molar-refractivity contribution is 0.193. The summed E-state index contributed by atoms with van der Waals surface area (Å²) >= 11 is 0. The Hall–Kier alpha value is -1.58. The molecule has 0 fully saturated rings. The average Bonchev–Trinajstić information content (AvgIpc) is 2.34. The number of nitrogens with zero attached hydrogens (tertiary/aromatic N) is 1. The summed E-state index contributed by atoms with van der Waals surface area (Å²) in [5.41, 5.74) is 0.529. The lowest BCUT2D eigenvalue weighted by atomic mass is 10.1. The molecule has 94 valence electrons. The smallest absolute Gasteiger partial charge is 0.317 e. The van der Waals surface area contributed by atoms with Gasteiger partial charge >= 0.3 is 6.03 Å². The molecule has 0 bridgehead atoms. The van der Waals surface area contributed by atoms with Crippen molar-refractivity contribution in [3.8, 4) is 0 Å². The van der Waals surface area contributed by atoms with Gasteiger partial charge in [-0.2, -0.15) is 0 Å². The third-order valence-electron chi connectivity index (χ3n) is 2.78. The van der Waals surface area contributed by atoms with Crippen LogP contribution in [0.15, 0.2) is 24.3 Å². The zero-order chi connectivity index (χ0) is 12.8. The molecule has 0 aliphatic carbocycles. The lowest BCUT2D eigenvalue weighted by Crippen LogP contribution is -2.39. The summed E-state index contributed by atoms with van der Waals surface area (Å²) < 4.78 is 13.6. The highest BCUT2D eigenvalue weighted by molar-refractivity contribution is 5.74. The molecule has 2 amide bonds. The maximum Gasteiger partial charge on any atom is 0.317 e. The fourth-order valence-corrected chi connectivity index (χ4v) is 1.56. The summed E-state index contributed by atoms with van der Waals surface area (Å²) in [6, 6.07) is 6.05. The summed E-state index contributed by atoms with van der Waals surface area (Å²) in [6.07, 6.45) is 0.883. The van der Waals surface area contributed by atoms with Crippen LogP contribution < -0.4 is 5.32 Å². The molecule has 0 radical (unpaired) electrons. The van der Waals surface area contributed by atoms with Gasteiger partial charge in [0, 0.05) is 19.2 Å². The van der Waals surface area contributed by atoms with Crippen molar-refractivity contribution in [2.24, 2.45) is 0 Å². The van der Waals surface area contributed by atoms with Gasteiger partial charge in [0.2, 0.25) is 0 Å². The fraction of sp³-hybridized carbons (Fsp3) is 0.462. The van der Waals surface area contributed by atoms with Crippen LogP contribution in [0.5, 0.6) is 0 Å². The van der Waals surface area contributed by atoms with Gasteiger partial charge in [-0.1, -0.05) is 25.1 Å². The lowest BCUT2D eigenvalue weighted by Gasteiger charge is -2.25. The van der Waals surface area contributed by atoms with Crippen molar-refractivity contribution < 1.29 is 9.18 Å². The van der Waals surface area contributed by atoms with Crippen molar-refractivity contribution in [1.29, 1.82) is 0 Å². The van der Waals surface area contributed by atoms with E-state index >= 15 is 0 Å². The van der Waals surface area contributed by atoms with Crippen LogP contribution in [0.2, 0.25) is 0 Å². The largest absolute Gasteiger partial charge is 0.338 e. The molecule has 0 saturated carbocycles. The molecule has 1 atom stereocenters. The Kier molecular flexibility index (Phi) is 4.94. The van der Waals surface area contributed by atoms with E-state index in [1.807, 2.05) is 13.8 Å². The molecular weight excluding hydrogens is 219 g/mol. The van der Waals surface area contributed by atoms with E-state index in [9.17, 15) is 9.18 Å². The number of nitrogens with one attached hydrogen (secondary N) is 1. The van der Waals surface area contributed by atoms with E-state index in [1.54, 1.807) is 25.2 Å². The highest BCUT2D eigenvalue weighted by Gasteiger charge is 2.19. The zero-order valence-electron chi connectivity index (χ0n) is 10.5. The highest BCUT2D eigenvalue weighted by atomic mass is 19.1. The quantitative estimate of drug-likeness (QED) is 0.859. The van der Waals surface area contributed by atoms with Gasteiger partial charge in [0.1, 0.15) is 5.82 Å². The molecule has 1 aromatic carbocycles. The summed E-state index contributed by atoms with van der Waals surface area (Å²) in [6.45, 7) is 4.43. The second-order valence-corrected chi connectivity index (χ2v) is 4.04. The second-order valence-electron chi connectivity index (χ2n) is 4.04. The third-order valence-corrected chi connectivity index (χ3v) is 2.78. The number of benzene rings is 1. The molecule has 0 aromatic heterocycles. The van der Waals surface area contributed by atoms with Gasteiger partial charge in [-0.25, -0.2) is 9.18 Å². The van der Waals surface area contributed by atoms with Crippen molar-refractivity contribution in [3.05, 3.63) is 35.6 Å². The van der Waals surface area contributed by atoms with Gasteiger partial charge < -0.3 is 10.2 Å². The molecule has 1 unspecified atom stereocenters. The van der Waals surface area contributed by atoms with E-state index in [1.165, 1.54) is 11.0 Å². The maximum absolute atomic E-state index is 13.6. The summed E-state index contributed by atoms with van der Waals surface area (Å²) in [5, 5.41) is 2.77. The minimum Gasteiger partial charge on any atom is -0.338 e. The summed E-state index contributed by atoms with van der Waals surface area (Å²) in [7, 11) is 1.67. The molecule has 17 heavy (non-hydrogen) atoms. The predicted molar refractivity (Wildman–Crippen MR) is 66.3 cm³/mol. The van der Waals surface area contributed by atoms with Gasteiger partial charge in [-0.3, -0.25) is 0 Å². The van der Waals surface area contributed by atoms with Crippen LogP contribution in [0, 0.1) is 5.82 Å². The number of carbonyl (C=O) groups excluding carboxylic acids is 1. The Balaban J connectivity index is 2.72. The summed E-state index contributed by atoms with van der Waals surface area (Å²) in [5.74, 6) is -0.282. The molecule has 1 aromatic rings. The van der Waals surface area contributed by atoms with Gasteiger partial charge in [0.25, 0.3) is 0 Å². The number of hydrogen-bond donors (Lipinski definition) is 1. The molecule has 1 N–H and O–H groups in total. The maximum atomic E-state index is 13.6. The number of rotatable bonds is 4. The van der Waals surface area contributed by atoms with E-state index in [2.05, 4.69) is 5.32 Å². The molecule has 0 spiro atoms. The topological polar surface area (TPSA) is 32.3 Å². The van der Waals surface area contributed by atoms with Crippen LogP contribution in [0.25, 0.3) is 0 Å². The van der Waals surface area contributed by atoms with Crippen LogP contribution in [0.1, 0.15) is 31.9 Å². The molecule has 0 aliphatic heterocycles. The Labute approximate surface area is 102 Å². The van der Waals surface area contributed by atoms with E-state index in [4.69, 9.17) is 0 Å². The predicted octanol–water partition coefficient (Wildman–Crippen LogP) is 2.94. The highest BCUT2D eigenvalue weighted by Crippen LogP contribution is 2.21. The van der Waals surface area contributed by atoms with Gasteiger partial charge in [-0.15, -0.1) is 0 Å². The Morgan fingerprint density at radius 1 is 1.47 bits per heavy atom. The number of hydrogen-bond acceptors (Lipinski definition) is 1. The van der Waals surface area contributed by atoms with E-state index in [0.29, 0.717) is 12.1 Å². The molecule has 0 aliphatic rings. The van der Waals surface area contributed by atoms with Crippen LogP contribution in [0.3, 0.4) is 0 Å². The van der Waals surface area contributed by atoms with Crippen LogP contribution >= 0.6 is 0 Å². The first-order valence-electron chi connectivity index (χ1n) is 5.83. The third kappa shape index (κ3) is 3.44. The van der Waals surface area contributed by atoms with Crippen LogP contribution in [-0.4, -0.2) is 24.5 Å². The van der Waals surface area contributed by atoms with Crippen LogP contribution in [-0.2, 0) is 0 Å². The van der Waals surface area contributed by atoms with Crippen molar-refractivity contribution in [3.63, 3.8) is 0 Å². The number of amides is 2. The van der Waals surface area contributed by atoms with Gasteiger partial charge in [-0.05, 0) is 19.4 Å². The zero-order valence-corrected chi connectivity index (χ0v) is 10.5. The standard InChI is InChI=1S/C13H19FN2O/c1-4-9-15-13(17)16(3)10(2)11-7-5-6-8-12(11)14/h5-8,10H,4,9H2,1-3H3,(H,15,17). The Morgan fingerprint density at radius 3 is 2.71 bits per heavy atom. The molecule has 3 nitrogen and oxygen atoms in total. The molecule has 0 saturated heterocycles. The summed E-state index contributed by atoms with van der Waals surface area (Å²) in [4.78, 5) is 13.2. The van der Waals surface area contributed by atoms with E-state index in [0.717, 1.165) is 6.42 Å². The molecular formula is C13H19FN2O. The van der Waals surface area contributed by atoms with Crippen molar-refractivity contribution in [1.82, 2.24) is 10.2 Å². The second kappa shape index (κ2) is 6.23. The average molecular weight is 238 g/mol. The minimum atomic E-state index is -0.284. The normalized spacial score (nSPS) is 12.0. The Bertz CT molecular complexity index is 381. The number of carbonyl (C=O) groups is 1. The monoisotopic (exact) mass is 238 g/mol. The number of urea groups is 1. The molecule has 1 rings (SSSR count). The first-order chi connectivity index (χ1) is 8.07. The van der Waals surface area contributed by atoms with Crippen molar-refractivity contribution >= 4 is 6.03 Å². The first kappa shape index (κ1) is 13.5. The van der Waals surface area contributed by atoms with Gasteiger partial charge in [0.05, 0.1) is 6.04 Å². The fourth-order valence-electron chi connectivity index (χ4n) is 1.56.